The third-order valence-electron chi connectivity index (χ3n) is 0. The average molecular weight is 219 g/mol. The molecule has 16 valence electrons. The summed E-state index contributed by atoms with van der Waals surface area (Å²) in [4.78, 5) is 0. The Balaban J connectivity index is 0. The standard InChI is InChI=1S/2Li.Nb.2S.Ti/q2*+1;+5;2*-2;+4. The van der Waals surface area contributed by atoms with Crippen LogP contribution in [0.25, 0.3) is 0 Å². The molecule has 0 saturated heterocycles. The zero-order chi connectivity index (χ0) is 0. The van der Waals surface area contributed by atoms with Crippen LogP contribution < -0.4 is 37.7 Å². The van der Waals surface area contributed by atoms with Crippen molar-refractivity contribution in [3.05, 3.63) is 0 Å². The van der Waals surface area contributed by atoms with Gasteiger partial charge in [-0.3, -0.25) is 0 Å². The van der Waals surface area contributed by atoms with Crippen molar-refractivity contribution in [1.82, 2.24) is 0 Å². The maximum atomic E-state index is 0. The van der Waals surface area contributed by atoms with E-state index in [1.54, 1.807) is 0 Å². The fraction of sp³-hybridized carbons (Fsp3) is 0. The van der Waals surface area contributed by atoms with Crippen molar-refractivity contribution in [1.29, 1.82) is 0 Å². The molecule has 6 heteroatoms. The second-order valence-corrected chi connectivity index (χ2v) is 0. The summed E-state index contributed by atoms with van der Waals surface area (Å²) < 4.78 is 0. The van der Waals surface area contributed by atoms with Crippen LogP contribution in [0.15, 0.2) is 0 Å². The van der Waals surface area contributed by atoms with Gasteiger partial charge in [0.15, 0.2) is 0 Å². The second kappa shape index (κ2) is 40.2. The Hall–Kier alpha value is 3.35. The molecule has 0 nitrogen and oxygen atoms in total. The maximum Gasteiger partial charge on any atom is 5.00 e. The largest absolute Gasteiger partial charge is 5.00 e. The average Bonchev–Trinajstić information content (AvgIpc) is 0. The van der Waals surface area contributed by atoms with Crippen molar-refractivity contribution in [2.24, 2.45) is 0 Å². The molecule has 0 heterocycles. The van der Waals surface area contributed by atoms with Crippen LogP contribution in [0.4, 0.5) is 0 Å². The molecule has 0 radical (unpaired) electrons. The molecule has 0 aliphatic carbocycles. The van der Waals surface area contributed by atoms with E-state index >= 15 is 0 Å². The predicted octanol–water partition coefficient (Wildman–Crippen LogP) is -6.00. The third-order valence-corrected chi connectivity index (χ3v) is 0. The zero-order valence-electron chi connectivity index (χ0n) is 3.76. The van der Waals surface area contributed by atoms with E-state index in [0.29, 0.717) is 0 Å². The topological polar surface area (TPSA) is 0 Å². The molecule has 0 aromatic carbocycles. The fourth-order valence-corrected chi connectivity index (χ4v) is 0. The summed E-state index contributed by atoms with van der Waals surface area (Å²) >= 11 is 0. The van der Waals surface area contributed by atoms with Crippen LogP contribution in [-0.2, 0) is 71.1 Å². The molecule has 0 amide bonds. The summed E-state index contributed by atoms with van der Waals surface area (Å²) in [5.74, 6) is 0. The molecule has 0 rings (SSSR count). The Kier molecular flexibility index (Phi) is 389. The van der Waals surface area contributed by atoms with E-state index in [1.807, 2.05) is 0 Å². The van der Waals surface area contributed by atoms with Gasteiger partial charge in [-0.25, -0.2) is 0 Å². The van der Waals surface area contributed by atoms with Crippen LogP contribution in [0.2, 0.25) is 0 Å². The molecule has 0 atom stereocenters. The maximum absolute atomic E-state index is 0. The van der Waals surface area contributed by atoms with Gasteiger partial charge in [0, 0.05) is 0 Å². The normalized spacial score (nSPS) is 0. The van der Waals surface area contributed by atoms with E-state index < -0.39 is 0 Å². The van der Waals surface area contributed by atoms with Crippen molar-refractivity contribution < 1.29 is 81.8 Å². The van der Waals surface area contributed by atoms with E-state index in [-0.39, 0.29) is 109 Å². The summed E-state index contributed by atoms with van der Waals surface area (Å²) in [6.07, 6.45) is 0. The van der Waals surface area contributed by atoms with Crippen LogP contribution in [-0.4, -0.2) is 0 Å². The first-order valence-electron chi connectivity index (χ1n) is 0. The number of rotatable bonds is 0. The third kappa shape index (κ3) is 26.4. The molecule has 0 fully saturated rings. The van der Waals surface area contributed by atoms with Crippen molar-refractivity contribution in [2.45, 2.75) is 0 Å². The molecule has 0 saturated carbocycles. The van der Waals surface area contributed by atoms with Crippen LogP contribution in [0, 0.1) is 0 Å². The molecular weight excluding hydrogens is 219 g/mol. The first-order valence-corrected chi connectivity index (χ1v) is 0. The Morgan fingerprint density at radius 2 is 0.667 bits per heavy atom. The van der Waals surface area contributed by atoms with Gasteiger partial charge >= 0.3 is 81.8 Å². The molecule has 0 aromatic rings. The SMILES string of the molecule is [Li+].[Li+].[Nb+5].[S-2].[S-2].[Ti+4]. The first-order chi connectivity index (χ1) is 0. The van der Waals surface area contributed by atoms with E-state index in [2.05, 4.69) is 0 Å². The summed E-state index contributed by atoms with van der Waals surface area (Å²) in [6, 6.07) is 0. The molecule has 0 aromatic heterocycles. The Morgan fingerprint density at radius 3 is 0.667 bits per heavy atom. The second-order valence-electron chi connectivity index (χ2n) is 0. The van der Waals surface area contributed by atoms with Gasteiger partial charge in [0.25, 0.3) is 0 Å². The van der Waals surface area contributed by atoms with Crippen LogP contribution in [0.1, 0.15) is 0 Å². The van der Waals surface area contributed by atoms with Gasteiger partial charge in [-0.1, -0.05) is 0 Å². The Bertz CT molecular complexity index is 11.5. The molecule has 0 spiro atoms. The summed E-state index contributed by atoms with van der Waals surface area (Å²) in [5, 5.41) is 0. The van der Waals surface area contributed by atoms with Crippen LogP contribution in [0.5, 0.6) is 0 Å². The monoisotopic (exact) mass is 219 g/mol. The van der Waals surface area contributed by atoms with Crippen molar-refractivity contribution >= 4 is 27.0 Å². The van der Waals surface area contributed by atoms with Crippen molar-refractivity contribution in [3.8, 4) is 0 Å². The molecule has 0 unspecified atom stereocenters. The molecule has 0 aliphatic rings. The molecule has 0 aliphatic heterocycles. The van der Waals surface area contributed by atoms with Crippen molar-refractivity contribution in [3.63, 3.8) is 0 Å². The Labute approximate surface area is 107 Å². The molecule has 0 bridgehead atoms. The van der Waals surface area contributed by atoms with Gasteiger partial charge in [-0.05, 0) is 0 Å². The fourth-order valence-electron chi connectivity index (χ4n) is 0. The summed E-state index contributed by atoms with van der Waals surface area (Å²) in [5.41, 5.74) is 0. The predicted molar refractivity (Wildman–Crippen MR) is 14.7 cm³/mol. The van der Waals surface area contributed by atoms with Gasteiger partial charge in [0.05, 0.1) is 0 Å². The summed E-state index contributed by atoms with van der Waals surface area (Å²) in [7, 11) is 0. The van der Waals surface area contributed by atoms with E-state index in [1.165, 1.54) is 0 Å². The first kappa shape index (κ1) is 58.1. The number of hydrogen-bond acceptors (Lipinski definition) is 0. The summed E-state index contributed by atoms with van der Waals surface area (Å²) in [6.45, 7) is 0. The van der Waals surface area contributed by atoms with E-state index in [4.69, 9.17) is 0 Å². The molecular formula is Li2NbS2Ti+7. The van der Waals surface area contributed by atoms with Crippen LogP contribution >= 0.6 is 0 Å². The van der Waals surface area contributed by atoms with E-state index in [9.17, 15) is 0 Å². The number of hydrogen-bond donors (Lipinski definition) is 0. The molecule has 6 heavy (non-hydrogen) atoms. The van der Waals surface area contributed by atoms with Gasteiger partial charge < -0.3 is 27.0 Å². The minimum absolute atomic E-state index is 0. The minimum atomic E-state index is 0. The minimum Gasteiger partial charge on any atom is -2.00 e. The zero-order valence-corrected chi connectivity index (χ0v) is 9.16. The Morgan fingerprint density at radius 1 is 0.667 bits per heavy atom. The van der Waals surface area contributed by atoms with Crippen molar-refractivity contribution in [2.75, 3.05) is 0 Å². The smallest absolute Gasteiger partial charge is 2.00 e. The quantitative estimate of drug-likeness (QED) is 0.356. The molecule has 0 N–H and O–H groups in total. The van der Waals surface area contributed by atoms with Gasteiger partial charge in [-0.15, -0.1) is 0 Å². The van der Waals surface area contributed by atoms with E-state index in [0.717, 1.165) is 0 Å². The van der Waals surface area contributed by atoms with Crippen LogP contribution in [0.3, 0.4) is 0 Å². The van der Waals surface area contributed by atoms with Gasteiger partial charge in [0.2, 0.25) is 0 Å². The van der Waals surface area contributed by atoms with Gasteiger partial charge in [-0.2, -0.15) is 0 Å². The van der Waals surface area contributed by atoms with Gasteiger partial charge in [0.1, 0.15) is 0 Å².